The highest BCUT2D eigenvalue weighted by atomic mass is 16.6. The number of carbonyl (C=O) groups excluding carboxylic acids is 2. The molecule has 0 aromatic rings. The quantitative estimate of drug-likeness (QED) is 0.544. The molecule has 3 aliphatic heterocycles. The van der Waals surface area contributed by atoms with Crippen molar-refractivity contribution in [3.8, 4) is 0 Å². The first kappa shape index (κ1) is 12.2. The molecule has 3 fully saturated rings. The van der Waals surface area contributed by atoms with Gasteiger partial charge in [-0.1, -0.05) is 6.58 Å². The Morgan fingerprint density at radius 3 is 2.58 bits per heavy atom. The van der Waals surface area contributed by atoms with Crippen LogP contribution in [0.15, 0.2) is 12.2 Å². The number of aliphatic carboxylic acids is 1. The van der Waals surface area contributed by atoms with Gasteiger partial charge in [0.25, 0.3) is 0 Å². The van der Waals surface area contributed by atoms with Crippen molar-refractivity contribution >= 4 is 17.9 Å². The van der Waals surface area contributed by atoms with E-state index in [9.17, 15) is 19.5 Å². The molecule has 0 aromatic heterocycles. The van der Waals surface area contributed by atoms with E-state index in [0.717, 1.165) is 0 Å². The van der Waals surface area contributed by atoms with E-state index in [2.05, 4.69) is 6.58 Å². The smallest absolute Gasteiger partial charge is 0.333 e. The Balaban J connectivity index is 1.89. The maximum Gasteiger partial charge on any atom is 0.333 e. The third-order valence-electron chi connectivity index (χ3n) is 3.78. The Bertz CT molecular complexity index is 496. The van der Waals surface area contributed by atoms with Crippen LogP contribution in [0, 0.1) is 11.8 Å². The molecule has 0 spiro atoms. The summed E-state index contributed by atoms with van der Waals surface area (Å²) < 4.78 is 15.7. The van der Waals surface area contributed by atoms with E-state index in [4.69, 9.17) is 14.2 Å². The van der Waals surface area contributed by atoms with E-state index < -0.39 is 54.2 Å². The molecule has 0 radical (unpaired) electrons. The van der Waals surface area contributed by atoms with Gasteiger partial charge in [-0.25, -0.2) is 4.79 Å². The normalized spacial score (nSPS) is 42.1. The molecule has 0 amide bonds. The van der Waals surface area contributed by atoms with Gasteiger partial charge in [0, 0.05) is 5.57 Å². The molecule has 7 heteroatoms. The van der Waals surface area contributed by atoms with Gasteiger partial charge in [-0.2, -0.15) is 0 Å². The Morgan fingerprint density at radius 2 is 2.00 bits per heavy atom. The van der Waals surface area contributed by atoms with Crippen LogP contribution in [0.25, 0.3) is 0 Å². The van der Waals surface area contributed by atoms with Crippen LogP contribution in [0.1, 0.15) is 6.92 Å². The number of hydrogen-bond acceptors (Lipinski definition) is 6. The predicted molar refractivity (Wildman–Crippen MR) is 57.9 cm³/mol. The van der Waals surface area contributed by atoms with Crippen molar-refractivity contribution in [1.82, 2.24) is 0 Å². The Labute approximate surface area is 108 Å². The number of fused-ring (bicyclic) bond motifs is 1. The van der Waals surface area contributed by atoms with E-state index in [0.29, 0.717) is 0 Å². The number of esters is 2. The largest absolute Gasteiger partial charge is 0.481 e. The lowest BCUT2D eigenvalue weighted by Crippen LogP contribution is -2.47. The second-order valence-electron chi connectivity index (χ2n) is 5.01. The second-order valence-corrected chi connectivity index (χ2v) is 5.01. The zero-order valence-corrected chi connectivity index (χ0v) is 10.1. The lowest BCUT2D eigenvalue weighted by Gasteiger charge is -2.25. The number of rotatable bonds is 3. The van der Waals surface area contributed by atoms with E-state index in [1.807, 2.05) is 0 Å². The van der Waals surface area contributed by atoms with Gasteiger partial charge in [0.1, 0.15) is 36.3 Å². The Hall–Kier alpha value is -1.89. The van der Waals surface area contributed by atoms with Crippen LogP contribution in [0.4, 0.5) is 0 Å². The SMILES string of the molecule is C=C(C)C(=O)OC1C2OC3C(OC(=O)C13)C2C(=O)O. The minimum Gasteiger partial charge on any atom is -0.481 e. The van der Waals surface area contributed by atoms with Gasteiger partial charge in [0.05, 0.1) is 0 Å². The number of carboxylic acids is 1. The number of carbonyl (C=O) groups is 3. The molecule has 0 saturated carbocycles. The van der Waals surface area contributed by atoms with Gasteiger partial charge in [-0.15, -0.1) is 0 Å². The number of carboxylic acid groups (broad SMARTS) is 1. The van der Waals surface area contributed by atoms with Crippen molar-refractivity contribution in [2.24, 2.45) is 11.8 Å². The van der Waals surface area contributed by atoms with Crippen molar-refractivity contribution in [2.45, 2.75) is 31.3 Å². The fourth-order valence-corrected chi connectivity index (χ4v) is 2.96. The van der Waals surface area contributed by atoms with Crippen LogP contribution < -0.4 is 0 Å². The molecule has 19 heavy (non-hydrogen) atoms. The van der Waals surface area contributed by atoms with E-state index >= 15 is 0 Å². The summed E-state index contributed by atoms with van der Waals surface area (Å²) in [6.07, 6.45) is -3.17. The molecule has 1 N–H and O–H groups in total. The Morgan fingerprint density at radius 1 is 1.32 bits per heavy atom. The fourth-order valence-electron chi connectivity index (χ4n) is 2.96. The highest BCUT2D eigenvalue weighted by molar-refractivity contribution is 5.88. The lowest BCUT2D eigenvalue weighted by atomic mass is 9.80. The molecule has 3 heterocycles. The molecule has 6 atom stereocenters. The van der Waals surface area contributed by atoms with E-state index in [1.165, 1.54) is 6.92 Å². The third-order valence-corrected chi connectivity index (χ3v) is 3.78. The molecule has 3 saturated heterocycles. The van der Waals surface area contributed by atoms with Crippen LogP contribution >= 0.6 is 0 Å². The van der Waals surface area contributed by atoms with Crippen molar-refractivity contribution in [2.75, 3.05) is 0 Å². The molecule has 102 valence electrons. The maximum absolute atomic E-state index is 11.7. The average molecular weight is 268 g/mol. The molecule has 2 bridgehead atoms. The van der Waals surface area contributed by atoms with Crippen LogP contribution in [0.2, 0.25) is 0 Å². The van der Waals surface area contributed by atoms with Gasteiger partial charge in [-0.3, -0.25) is 9.59 Å². The summed E-state index contributed by atoms with van der Waals surface area (Å²) in [6.45, 7) is 4.92. The monoisotopic (exact) mass is 268 g/mol. The van der Waals surface area contributed by atoms with Gasteiger partial charge < -0.3 is 19.3 Å². The lowest BCUT2D eigenvalue weighted by molar-refractivity contribution is -0.156. The van der Waals surface area contributed by atoms with Crippen LogP contribution in [-0.2, 0) is 28.6 Å². The summed E-state index contributed by atoms with van der Waals surface area (Å²) in [5.74, 6) is -4.08. The summed E-state index contributed by atoms with van der Waals surface area (Å²) in [5, 5.41) is 9.17. The highest BCUT2D eigenvalue weighted by Crippen LogP contribution is 2.50. The molecular weight excluding hydrogens is 256 g/mol. The minimum atomic E-state index is -1.12. The first-order valence-corrected chi connectivity index (χ1v) is 5.87. The number of ether oxygens (including phenoxy) is 3. The van der Waals surface area contributed by atoms with Crippen molar-refractivity contribution < 1.29 is 33.7 Å². The van der Waals surface area contributed by atoms with Crippen LogP contribution in [0.3, 0.4) is 0 Å². The molecule has 0 aromatic carbocycles. The average Bonchev–Trinajstić information content (AvgIpc) is 2.89. The summed E-state index contributed by atoms with van der Waals surface area (Å²) >= 11 is 0. The summed E-state index contributed by atoms with van der Waals surface area (Å²) in [6, 6.07) is 0. The molecule has 6 unspecified atom stereocenters. The first-order valence-electron chi connectivity index (χ1n) is 5.87. The van der Waals surface area contributed by atoms with E-state index in [1.54, 1.807) is 0 Å². The highest BCUT2D eigenvalue weighted by Gasteiger charge is 2.71. The molecular formula is C12H12O7. The summed E-state index contributed by atoms with van der Waals surface area (Å²) in [7, 11) is 0. The first-order chi connectivity index (χ1) is 8.91. The van der Waals surface area contributed by atoms with Crippen LogP contribution in [0.5, 0.6) is 0 Å². The maximum atomic E-state index is 11.7. The molecule has 7 nitrogen and oxygen atoms in total. The minimum absolute atomic E-state index is 0.178. The molecule has 3 rings (SSSR count). The van der Waals surface area contributed by atoms with Gasteiger partial charge in [0.2, 0.25) is 0 Å². The standard InChI is InChI=1S/C12H12O7/c1-3(2)11(15)18-9-5-8-7(19-12(5)16)4(10(13)14)6(9)17-8/h4-9H,1H2,2H3,(H,13,14). The zero-order chi connectivity index (χ0) is 13.9. The van der Waals surface area contributed by atoms with E-state index in [-0.39, 0.29) is 5.57 Å². The van der Waals surface area contributed by atoms with Gasteiger partial charge in [-0.05, 0) is 6.92 Å². The van der Waals surface area contributed by atoms with Crippen molar-refractivity contribution in [1.29, 1.82) is 0 Å². The van der Waals surface area contributed by atoms with Crippen LogP contribution in [-0.4, -0.2) is 47.4 Å². The van der Waals surface area contributed by atoms with Crippen molar-refractivity contribution in [3.05, 3.63) is 12.2 Å². The number of hydrogen-bond donors (Lipinski definition) is 1. The predicted octanol–water partition coefficient (Wildman–Crippen LogP) is -0.502. The summed E-state index contributed by atoms with van der Waals surface area (Å²) in [4.78, 5) is 34.5. The second kappa shape index (κ2) is 3.80. The van der Waals surface area contributed by atoms with Gasteiger partial charge in [0.15, 0.2) is 0 Å². The molecule has 0 aliphatic carbocycles. The fraction of sp³-hybridized carbons (Fsp3) is 0.583. The summed E-state index contributed by atoms with van der Waals surface area (Å²) in [5.41, 5.74) is 0.178. The zero-order valence-electron chi connectivity index (χ0n) is 10.1. The Kier molecular flexibility index (Phi) is 2.43. The van der Waals surface area contributed by atoms with Gasteiger partial charge >= 0.3 is 17.9 Å². The topological polar surface area (TPSA) is 99.1 Å². The third kappa shape index (κ3) is 1.51. The van der Waals surface area contributed by atoms with Crippen molar-refractivity contribution in [3.63, 3.8) is 0 Å². The molecule has 3 aliphatic rings.